The van der Waals surface area contributed by atoms with Crippen LogP contribution < -0.4 is 14.2 Å². The van der Waals surface area contributed by atoms with Gasteiger partial charge in [0, 0.05) is 0 Å². The third kappa shape index (κ3) is 3.79. The van der Waals surface area contributed by atoms with Crippen molar-refractivity contribution in [2.45, 2.75) is 20.0 Å². The van der Waals surface area contributed by atoms with Crippen LogP contribution in [0, 0.1) is 6.92 Å². The molecule has 0 spiro atoms. The number of carbonyl (C=O) groups is 1. The Morgan fingerprint density at radius 2 is 1.46 bits per heavy atom. The van der Waals surface area contributed by atoms with Gasteiger partial charge in [0.15, 0.2) is 11.5 Å². The van der Waals surface area contributed by atoms with Crippen molar-refractivity contribution < 1.29 is 23.7 Å². The van der Waals surface area contributed by atoms with Crippen LogP contribution >= 0.6 is 0 Å². The standard InChI is InChI=1S/C19H22O5/c1-12-6-8-14(9-7-12)13(2)24-19(20)15-10-16(21-3)18(23-5)17(11-15)22-4/h6-11,13H,1-5H3/t13-/m1/s1. The van der Waals surface area contributed by atoms with Crippen molar-refractivity contribution in [3.8, 4) is 17.2 Å². The number of benzene rings is 2. The van der Waals surface area contributed by atoms with Crippen molar-refractivity contribution in [2.75, 3.05) is 21.3 Å². The van der Waals surface area contributed by atoms with Crippen LogP contribution in [0.25, 0.3) is 0 Å². The Labute approximate surface area is 142 Å². The molecule has 5 heteroatoms. The number of carbonyl (C=O) groups excluding carboxylic acids is 1. The summed E-state index contributed by atoms with van der Waals surface area (Å²) in [6.45, 7) is 3.84. The molecule has 0 aliphatic carbocycles. The van der Waals surface area contributed by atoms with Crippen LogP contribution in [0.3, 0.4) is 0 Å². The molecule has 0 aliphatic rings. The molecule has 2 aromatic rings. The van der Waals surface area contributed by atoms with Crippen LogP contribution in [0.1, 0.15) is 34.5 Å². The summed E-state index contributed by atoms with van der Waals surface area (Å²) < 4.78 is 21.3. The summed E-state index contributed by atoms with van der Waals surface area (Å²) in [6, 6.07) is 11.0. The van der Waals surface area contributed by atoms with Gasteiger partial charge in [-0.15, -0.1) is 0 Å². The number of rotatable bonds is 6. The Morgan fingerprint density at radius 3 is 1.92 bits per heavy atom. The second kappa shape index (κ2) is 7.73. The predicted octanol–water partition coefficient (Wildman–Crippen LogP) is 3.94. The molecule has 0 amide bonds. The summed E-state index contributed by atoms with van der Waals surface area (Å²) >= 11 is 0. The Balaban J connectivity index is 2.24. The fourth-order valence-corrected chi connectivity index (χ4v) is 2.33. The summed E-state index contributed by atoms with van der Waals surface area (Å²) in [6.07, 6.45) is -0.364. The molecule has 0 heterocycles. The van der Waals surface area contributed by atoms with E-state index in [1.807, 2.05) is 38.1 Å². The molecule has 5 nitrogen and oxygen atoms in total. The maximum Gasteiger partial charge on any atom is 0.339 e. The van der Waals surface area contributed by atoms with Crippen LogP contribution in [-0.2, 0) is 4.74 Å². The van der Waals surface area contributed by atoms with Gasteiger partial charge in [0.1, 0.15) is 6.10 Å². The molecule has 1 atom stereocenters. The van der Waals surface area contributed by atoms with E-state index in [0.717, 1.165) is 11.1 Å². The number of hydrogen-bond donors (Lipinski definition) is 0. The zero-order valence-corrected chi connectivity index (χ0v) is 14.6. The van der Waals surface area contributed by atoms with Gasteiger partial charge in [0.2, 0.25) is 5.75 Å². The Morgan fingerprint density at radius 1 is 0.917 bits per heavy atom. The number of ether oxygens (including phenoxy) is 4. The fourth-order valence-electron chi connectivity index (χ4n) is 2.33. The lowest BCUT2D eigenvalue weighted by molar-refractivity contribution is 0.0337. The molecule has 0 N–H and O–H groups in total. The lowest BCUT2D eigenvalue weighted by Crippen LogP contribution is -2.10. The van der Waals surface area contributed by atoms with E-state index in [2.05, 4.69) is 0 Å². The number of esters is 1. The minimum absolute atomic E-state index is 0.337. The van der Waals surface area contributed by atoms with Gasteiger partial charge in [-0.3, -0.25) is 0 Å². The highest BCUT2D eigenvalue weighted by Crippen LogP contribution is 2.38. The van der Waals surface area contributed by atoms with Gasteiger partial charge >= 0.3 is 5.97 Å². The first-order valence-electron chi connectivity index (χ1n) is 7.57. The van der Waals surface area contributed by atoms with E-state index in [-0.39, 0.29) is 6.10 Å². The maximum atomic E-state index is 12.5. The zero-order valence-electron chi connectivity index (χ0n) is 14.6. The fraction of sp³-hybridized carbons (Fsp3) is 0.316. The van der Waals surface area contributed by atoms with Gasteiger partial charge in [-0.1, -0.05) is 29.8 Å². The predicted molar refractivity (Wildman–Crippen MR) is 91.1 cm³/mol. The van der Waals surface area contributed by atoms with Gasteiger partial charge in [0.05, 0.1) is 26.9 Å². The molecular formula is C19H22O5. The minimum atomic E-state index is -0.456. The van der Waals surface area contributed by atoms with Gasteiger partial charge in [-0.05, 0) is 31.5 Å². The second-order valence-electron chi connectivity index (χ2n) is 5.37. The van der Waals surface area contributed by atoms with Crippen LogP contribution in [0.5, 0.6) is 17.2 Å². The monoisotopic (exact) mass is 330 g/mol. The smallest absolute Gasteiger partial charge is 0.339 e. The van der Waals surface area contributed by atoms with Crippen LogP contribution in [0.4, 0.5) is 0 Å². The van der Waals surface area contributed by atoms with Crippen LogP contribution in [0.15, 0.2) is 36.4 Å². The number of aryl methyl sites for hydroxylation is 1. The molecular weight excluding hydrogens is 308 g/mol. The Bertz CT molecular complexity index is 681. The summed E-state index contributed by atoms with van der Waals surface area (Å²) in [5.74, 6) is 0.795. The molecule has 0 bridgehead atoms. The SMILES string of the molecule is COc1cc(C(=O)O[C@H](C)c2ccc(C)cc2)cc(OC)c1OC. The largest absolute Gasteiger partial charge is 0.493 e. The average molecular weight is 330 g/mol. The molecule has 0 saturated heterocycles. The van der Waals surface area contributed by atoms with Gasteiger partial charge in [0.25, 0.3) is 0 Å². The Hall–Kier alpha value is -2.69. The van der Waals surface area contributed by atoms with Crippen molar-refractivity contribution >= 4 is 5.97 Å². The van der Waals surface area contributed by atoms with Crippen LogP contribution in [-0.4, -0.2) is 27.3 Å². The van der Waals surface area contributed by atoms with Gasteiger partial charge in [-0.25, -0.2) is 4.79 Å². The van der Waals surface area contributed by atoms with E-state index < -0.39 is 5.97 Å². The molecule has 0 aromatic heterocycles. The van der Waals surface area contributed by atoms with E-state index in [1.165, 1.54) is 21.3 Å². The Kier molecular flexibility index (Phi) is 5.68. The lowest BCUT2D eigenvalue weighted by atomic mass is 10.1. The molecule has 2 aromatic carbocycles. The normalized spacial score (nSPS) is 11.5. The number of hydrogen-bond acceptors (Lipinski definition) is 5. The second-order valence-corrected chi connectivity index (χ2v) is 5.37. The highest BCUT2D eigenvalue weighted by atomic mass is 16.5. The van der Waals surface area contributed by atoms with Crippen molar-refractivity contribution in [2.24, 2.45) is 0 Å². The van der Waals surface area contributed by atoms with Crippen LogP contribution in [0.2, 0.25) is 0 Å². The van der Waals surface area contributed by atoms with Gasteiger partial charge < -0.3 is 18.9 Å². The molecule has 24 heavy (non-hydrogen) atoms. The van der Waals surface area contributed by atoms with E-state index >= 15 is 0 Å². The van der Waals surface area contributed by atoms with Crippen molar-refractivity contribution in [3.05, 3.63) is 53.1 Å². The quantitative estimate of drug-likeness (QED) is 0.751. The van der Waals surface area contributed by atoms with Crippen molar-refractivity contribution in [1.82, 2.24) is 0 Å². The average Bonchev–Trinajstić information content (AvgIpc) is 2.60. The first kappa shape index (κ1) is 17.7. The molecule has 0 saturated carbocycles. The van der Waals surface area contributed by atoms with Gasteiger partial charge in [-0.2, -0.15) is 0 Å². The van der Waals surface area contributed by atoms with Crippen molar-refractivity contribution in [3.63, 3.8) is 0 Å². The summed E-state index contributed by atoms with van der Waals surface area (Å²) in [5.41, 5.74) is 2.42. The third-order valence-electron chi connectivity index (χ3n) is 3.73. The zero-order chi connectivity index (χ0) is 17.7. The molecule has 2 rings (SSSR count). The summed E-state index contributed by atoms with van der Waals surface area (Å²) in [5, 5.41) is 0. The van der Waals surface area contributed by atoms with E-state index in [0.29, 0.717) is 22.8 Å². The molecule has 0 unspecified atom stereocenters. The maximum absolute atomic E-state index is 12.5. The lowest BCUT2D eigenvalue weighted by Gasteiger charge is -2.16. The molecule has 0 aliphatic heterocycles. The van der Waals surface area contributed by atoms with E-state index in [9.17, 15) is 4.79 Å². The van der Waals surface area contributed by atoms with Crippen molar-refractivity contribution in [1.29, 1.82) is 0 Å². The third-order valence-corrected chi connectivity index (χ3v) is 3.73. The topological polar surface area (TPSA) is 54.0 Å². The first-order chi connectivity index (χ1) is 11.5. The minimum Gasteiger partial charge on any atom is -0.493 e. The summed E-state index contributed by atoms with van der Waals surface area (Å²) in [7, 11) is 4.51. The molecule has 0 radical (unpaired) electrons. The molecule has 128 valence electrons. The number of methoxy groups -OCH3 is 3. The van der Waals surface area contributed by atoms with E-state index in [1.54, 1.807) is 12.1 Å². The highest BCUT2D eigenvalue weighted by Gasteiger charge is 2.20. The highest BCUT2D eigenvalue weighted by molar-refractivity contribution is 5.91. The van der Waals surface area contributed by atoms with E-state index in [4.69, 9.17) is 18.9 Å². The first-order valence-corrected chi connectivity index (χ1v) is 7.57. The summed E-state index contributed by atoms with van der Waals surface area (Å²) in [4.78, 5) is 12.5. The molecule has 0 fully saturated rings.